The highest BCUT2D eigenvalue weighted by Crippen LogP contribution is 2.24. The first-order valence-electron chi connectivity index (χ1n) is 7.32. The van der Waals surface area contributed by atoms with Crippen molar-refractivity contribution in [2.75, 3.05) is 20.3 Å². The average Bonchev–Trinajstić information content (AvgIpc) is 2.45. The first-order valence-corrected chi connectivity index (χ1v) is 7.32. The van der Waals surface area contributed by atoms with E-state index in [0.29, 0.717) is 0 Å². The normalized spacial score (nSPS) is 10.5. The third-order valence-electron chi connectivity index (χ3n) is 3.09. The molecule has 0 unspecified atom stereocenters. The van der Waals surface area contributed by atoms with Crippen LogP contribution in [0, 0.1) is 0 Å². The number of unbranched alkanes of at least 4 members (excludes halogenated alkanes) is 3. The zero-order valence-electron chi connectivity index (χ0n) is 12.5. The average molecular weight is 265 g/mol. The van der Waals surface area contributed by atoms with E-state index in [1.54, 1.807) is 7.11 Å². The van der Waals surface area contributed by atoms with Crippen molar-refractivity contribution in [1.82, 2.24) is 5.32 Å². The van der Waals surface area contributed by atoms with Crippen LogP contribution in [0.15, 0.2) is 18.2 Å². The third-order valence-corrected chi connectivity index (χ3v) is 3.09. The Morgan fingerprint density at radius 1 is 1.11 bits per heavy atom. The van der Waals surface area contributed by atoms with Crippen molar-refractivity contribution >= 4 is 0 Å². The van der Waals surface area contributed by atoms with Gasteiger partial charge in [-0.25, -0.2) is 0 Å². The van der Waals surface area contributed by atoms with Crippen LogP contribution in [0.1, 0.15) is 45.1 Å². The van der Waals surface area contributed by atoms with Crippen molar-refractivity contribution in [3.8, 4) is 11.5 Å². The van der Waals surface area contributed by atoms with Crippen molar-refractivity contribution in [1.29, 1.82) is 0 Å². The van der Waals surface area contributed by atoms with Gasteiger partial charge < -0.3 is 14.8 Å². The summed E-state index contributed by atoms with van der Waals surface area (Å²) in [5.41, 5.74) is 1.16. The Bertz CT molecular complexity index is 353. The van der Waals surface area contributed by atoms with Crippen LogP contribution >= 0.6 is 0 Å². The molecule has 0 atom stereocenters. The molecule has 108 valence electrons. The summed E-state index contributed by atoms with van der Waals surface area (Å²) in [4.78, 5) is 0. The number of benzene rings is 1. The molecule has 0 spiro atoms. The fourth-order valence-electron chi connectivity index (χ4n) is 1.93. The van der Waals surface area contributed by atoms with Crippen LogP contribution in [-0.2, 0) is 6.54 Å². The van der Waals surface area contributed by atoms with Gasteiger partial charge in [-0.1, -0.05) is 33.1 Å². The minimum atomic E-state index is 0.797. The van der Waals surface area contributed by atoms with Gasteiger partial charge in [-0.3, -0.25) is 0 Å². The molecule has 1 rings (SSSR count). The first kappa shape index (κ1) is 15.8. The van der Waals surface area contributed by atoms with Crippen molar-refractivity contribution in [3.63, 3.8) is 0 Å². The molecule has 0 bridgehead atoms. The lowest BCUT2D eigenvalue weighted by Crippen LogP contribution is -2.13. The summed E-state index contributed by atoms with van der Waals surface area (Å²) in [6.07, 6.45) is 4.92. The first-order chi connectivity index (χ1) is 9.31. The van der Waals surface area contributed by atoms with E-state index in [4.69, 9.17) is 9.47 Å². The molecule has 0 aromatic heterocycles. The van der Waals surface area contributed by atoms with Crippen LogP contribution in [-0.4, -0.2) is 20.3 Å². The molecule has 3 heteroatoms. The van der Waals surface area contributed by atoms with Crippen LogP contribution in [0.3, 0.4) is 0 Å². The third kappa shape index (κ3) is 5.97. The Labute approximate surface area is 117 Å². The molecule has 1 aromatic carbocycles. The highest BCUT2D eigenvalue weighted by atomic mass is 16.5. The van der Waals surface area contributed by atoms with E-state index in [9.17, 15) is 0 Å². The van der Waals surface area contributed by atoms with Crippen LogP contribution in [0.25, 0.3) is 0 Å². The highest BCUT2D eigenvalue weighted by molar-refractivity contribution is 5.40. The molecule has 0 radical (unpaired) electrons. The second-order valence-corrected chi connectivity index (χ2v) is 4.66. The van der Waals surface area contributed by atoms with Gasteiger partial charge in [-0.05, 0) is 31.2 Å². The van der Waals surface area contributed by atoms with E-state index in [2.05, 4.69) is 19.2 Å². The predicted molar refractivity (Wildman–Crippen MR) is 80.0 cm³/mol. The van der Waals surface area contributed by atoms with E-state index >= 15 is 0 Å². The molecular formula is C16H27NO2. The number of hydrogen-bond acceptors (Lipinski definition) is 3. The van der Waals surface area contributed by atoms with Gasteiger partial charge in [0.2, 0.25) is 0 Å². The number of ether oxygens (including phenoxy) is 2. The Kier molecular flexibility index (Phi) is 8.07. The van der Waals surface area contributed by atoms with Crippen LogP contribution in [0.2, 0.25) is 0 Å². The lowest BCUT2D eigenvalue weighted by atomic mass is 10.2. The zero-order valence-corrected chi connectivity index (χ0v) is 12.5. The lowest BCUT2D eigenvalue weighted by molar-refractivity contribution is 0.300. The fourth-order valence-corrected chi connectivity index (χ4v) is 1.93. The molecule has 3 nitrogen and oxygen atoms in total. The van der Waals surface area contributed by atoms with Gasteiger partial charge in [-0.15, -0.1) is 0 Å². The van der Waals surface area contributed by atoms with Gasteiger partial charge in [0.1, 0.15) is 11.5 Å². The van der Waals surface area contributed by atoms with E-state index in [1.807, 2.05) is 18.2 Å². The number of nitrogens with one attached hydrogen (secondary N) is 1. The van der Waals surface area contributed by atoms with Crippen molar-refractivity contribution in [3.05, 3.63) is 23.8 Å². The molecule has 0 heterocycles. The Morgan fingerprint density at radius 2 is 1.95 bits per heavy atom. The minimum absolute atomic E-state index is 0.797. The van der Waals surface area contributed by atoms with E-state index < -0.39 is 0 Å². The van der Waals surface area contributed by atoms with E-state index in [0.717, 1.165) is 43.2 Å². The topological polar surface area (TPSA) is 30.5 Å². The maximum atomic E-state index is 5.88. The number of hydrogen-bond donors (Lipinski definition) is 1. The molecule has 19 heavy (non-hydrogen) atoms. The molecule has 0 aliphatic heterocycles. The second-order valence-electron chi connectivity index (χ2n) is 4.66. The van der Waals surface area contributed by atoms with Gasteiger partial charge in [0.25, 0.3) is 0 Å². The molecule has 0 amide bonds. The predicted octanol–water partition coefficient (Wildman–Crippen LogP) is 3.76. The molecule has 0 saturated carbocycles. The summed E-state index contributed by atoms with van der Waals surface area (Å²) in [6, 6.07) is 6.01. The Balaban J connectivity index is 2.54. The standard InChI is InChI=1S/C16H27NO2/c1-4-6-7-8-11-19-16-10-9-15(18-3)12-14(16)13-17-5-2/h9-10,12,17H,4-8,11,13H2,1-3H3. The fraction of sp³-hybridized carbons (Fsp3) is 0.625. The van der Waals surface area contributed by atoms with Gasteiger partial charge in [0, 0.05) is 12.1 Å². The molecule has 0 aliphatic carbocycles. The summed E-state index contributed by atoms with van der Waals surface area (Å²) in [5, 5.41) is 3.33. The molecule has 1 N–H and O–H groups in total. The van der Waals surface area contributed by atoms with Crippen molar-refractivity contribution in [2.24, 2.45) is 0 Å². The highest BCUT2D eigenvalue weighted by Gasteiger charge is 2.05. The van der Waals surface area contributed by atoms with E-state index in [1.165, 1.54) is 19.3 Å². The monoisotopic (exact) mass is 265 g/mol. The second kappa shape index (κ2) is 9.68. The summed E-state index contributed by atoms with van der Waals surface area (Å²) < 4.78 is 11.1. The molecule has 0 aliphatic rings. The van der Waals surface area contributed by atoms with Gasteiger partial charge >= 0.3 is 0 Å². The van der Waals surface area contributed by atoms with Gasteiger partial charge in [-0.2, -0.15) is 0 Å². The molecular weight excluding hydrogens is 238 g/mol. The van der Waals surface area contributed by atoms with Crippen LogP contribution in [0.4, 0.5) is 0 Å². The SMILES string of the molecule is CCCCCCOc1ccc(OC)cc1CNCC. The molecule has 0 saturated heterocycles. The van der Waals surface area contributed by atoms with Crippen LogP contribution < -0.4 is 14.8 Å². The Hall–Kier alpha value is -1.22. The quantitative estimate of drug-likeness (QED) is 0.653. The zero-order chi connectivity index (χ0) is 13.9. The van der Waals surface area contributed by atoms with Crippen LogP contribution in [0.5, 0.6) is 11.5 Å². The minimum Gasteiger partial charge on any atom is -0.497 e. The van der Waals surface area contributed by atoms with E-state index in [-0.39, 0.29) is 0 Å². The number of rotatable bonds is 10. The molecule has 1 aromatic rings. The summed E-state index contributed by atoms with van der Waals surface area (Å²) in [6.45, 7) is 6.89. The van der Waals surface area contributed by atoms with Crippen molar-refractivity contribution in [2.45, 2.75) is 46.1 Å². The van der Waals surface area contributed by atoms with Crippen molar-refractivity contribution < 1.29 is 9.47 Å². The van der Waals surface area contributed by atoms with Gasteiger partial charge in [0.15, 0.2) is 0 Å². The largest absolute Gasteiger partial charge is 0.497 e. The Morgan fingerprint density at radius 3 is 2.63 bits per heavy atom. The summed E-state index contributed by atoms with van der Waals surface area (Å²) >= 11 is 0. The lowest BCUT2D eigenvalue weighted by Gasteiger charge is -2.13. The maximum Gasteiger partial charge on any atom is 0.124 e. The maximum absolute atomic E-state index is 5.88. The summed E-state index contributed by atoms with van der Waals surface area (Å²) in [5.74, 6) is 1.85. The smallest absolute Gasteiger partial charge is 0.124 e. The number of methoxy groups -OCH3 is 1. The summed E-state index contributed by atoms with van der Waals surface area (Å²) in [7, 11) is 1.69. The molecule has 0 fully saturated rings. The van der Waals surface area contributed by atoms with Gasteiger partial charge in [0.05, 0.1) is 13.7 Å².